The lowest BCUT2D eigenvalue weighted by atomic mass is 9.97. The zero-order valence-corrected chi connectivity index (χ0v) is 17.8. The molecule has 0 aromatic heterocycles. The monoisotopic (exact) mass is 462 g/mol. The summed E-state index contributed by atoms with van der Waals surface area (Å²) < 4.78 is 13.2. The van der Waals surface area contributed by atoms with Crippen molar-refractivity contribution in [2.45, 2.75) is 39.7 Å². The van der Waals surface area contributed by atoms with Crippen molar-refractivity contribution in [1.82, 2.24) is 15.5 Å². The Morgan fingerprint density at radius 2 is 2.00 bits per heavy atom. The summed E-state index contributed by atoms with van der Waals surface area (Å²) in [6.07, 6.45) is 3.73. The van der Waals surface area contributed by atoms with E-state index in [4.69, 9.17) is 0 Å². The fraction of sp³-hybridized carbons (Fsp3) is 0.632. The molecule has 0 spiro atoms. The minimum Gasteiger partial charge on any atom is -0.357 e. The molecular weight excluding hydrogens is 430 g/mol. The number of benzene rings is 1. The second-order valence-corrected chi connectivity index (χ2v) is 6.49. The maximum Gasteiger partial charge on any atom is 0.191 e. The molecule has 0 amide bonds. The van der Waals surface area contributed by atoms with Gasteiger partial charge in [0.15, 0.2) is 5.96 Å². The summed E-state index contributed by atoms with van der Waals surface area (Å²) in [6.45, 7) is 10.2. The molecule has 0 aliphatic carbocycles. The van der Waals surface area contributed by atoms with Crippen LogP contribution in [0.5, 0.6) is 0 Å². The van der Waals surface area contributed by atoms with Crippen LogP contribution in [0, 0.1) is 11.7 Å². The van der Waals surface area contributed by atoms with Crippen LogP contribution in [0.4, 0.5) is 4.39 Å². The van der Waals surface area contributed by atoms with E-state index in [2.05, 4.69) is 34.4 Å². The van der Waals surface area contributed by atoms with Crippen LogP contribution in [0.1, 0.15) is 38.7 Å². The molecule has 1 saturated heterocycles. The molecule has 6 heteroatoms. The number of nitrogens with zero attached hydrogens (tertiary/aromatic N) is 2. The van der Waals surface area contributed by atoms with Crippen LogP contribution in [0.2, 0.25) is 0 Å². The predicted molar refractivity (Wildman–Crippen MR) is 114 cm³/mol. The lowest BCUT2D eigenvalue weighted by molar-refractivity contribution is 0.185. The van der Waals surface area contributed by atoms with Gasteiger partial charge in [0.2, 0.25) is 0 Å². The zero-order chi connectivity index (χ0) is 17.2. The Bertz CT molecular complexity index is 516. The molecule has 2 rings (SSSR count). The van der Waals surface area contributed by atoms with Gasteiger partial charge in [-0.15, -0.1) is 24.0 Å². The first-order valence-corrected chi connectivity index (χ1v) is 9.20. The molecule has 1 aliphatic heterocycles. The van der Waals surface area contributed by atoms with Crippen molar-refractivity contribution in [2.24, 2.45) is 10.9 Å². The first-order chi connectivity index (χ1) is 11.7. The van der Waals surface area contributed by atoms with E-state index < -0.39 is 0 Å². The van der Waals surface area contributed by atoms with Gasteiger partial charge in [0.1, 0.15) is 5.82 Å². The molecule has 0 bridgehead atoms. The smallest absolute Gasteiger partial charge is 0.191 e. The highest BCUT2D eigenvalue weighted by Gasteiger charge is 2.18. The van der Waals surface area contributed by atoms with Gasteiger partial charge < -0.3 is 15.5 Å². The van der Waals surface area contributed by atoms with Gasteiger partial charge in [-0.3, -0.25) is 0 Å². The molecule has 1 aliphatic rings. The Kier molecular flexibility index (Phi) is 11.0. The molecular formula is C19H32FIN4. The third-order valence-corrected chi connectivity index (χ3v) is 4.46. The molecule has 0 atom stereocenters. The summed E-state index contributed by atoms with van der Waals surface area (Å²) in [7, 11) is 0. The Morgan fingerprint density at radius 1 is 1.24 bits per heavy atom. The van der Waals surface area contributed by atoms with Crippen LogP contribution in [0.25, 0.3) is 0 Å². The van der Waals surface area contributed by atoms with Gasteiger partial charge in [0.25, 0.3) is 0 Å². The van der Waals surface area contributed by atoms with Crippen LogP contribution in [-0.2, 0) is 6.54 Å². The highest BCUT2D eigenvalue weighted by Crippen LogP contribution is 2.16. The Balaban J connectivity index is 0.00000312. The number of hydrogen-bond donors (Lipinski definition) is 2. The molecule has 1 heterocycles. The van der Waals surface area contributed by atoms with Gasteiger partial charge in [0.05, 0.1) is 6.54 Å². The number of aliphatic imine (C=N–C) groups is 1. The molecule has 2 N–H and O–H groups in total. The van der Waals surface area contributed by atoms with Gasteiger partial charge in [0, 0.05) is 13.1 Å². The summed E-state index contributed by atoms with van der Waals surface area (Å²) in [6, 6.07) is 6.63. The number of piperidine rings is 1. The highest BCUT2D eigenvalue weighted by atomic mass is 127. The lowest BCUT2D eigenvalue weighted by Crippen LogP contribution is -2.43. The third kappa shape index (κ3) is 8.35. The van der Waals surface area contributed by atoms with Gasteiger partial charge >= 0.3 is 0 Å². The zero-order valence-electron chi connectivity index (χ0n) is 15.4. The van der Waals surface area contributed by atoms with E-state index in [-0.39, 0.29) is 29.8 Å². The minimum absolute atomic E-state index is 0. The van der Waals surface area contributed by atoms with E-state index in [9.17, 15) is 4.39 Å². The summed E-state index contributed by atoms with van der Waals surface area (Å²) in [5.41, 5.74) is 0.889. The molecule has 1 fully saturated rings. The fourth-order valence-corrected chi connectivity index (χ4v) is 3.12. The van der Waals surface area contributed by atoms with Gasteiger partial charge in [-0.05, 0) is 69.4 Å². The topological polar surface area (TPSA) is 39.7 Å². The Hall–Kier alpha value is -0.890. The third-order valence-electron chi connectivity index (χ3n) is 4.46. The summed E-state index contributed by atoms with van der Waals surface area (Å²) >= 11 is 0. The summed E-state index contributed by atoms with van der Waals surface area (Å²) in [4.78, 5) is 7.13. The highest BCUT2D eigenvalue weighted by molar-refractivity contribution is 14.0. The van der Waals surface area contributed by atoms with Crippen molar-refractivity contribution in [2.75, 3.05) is 32.7 Å². The maximum atomic E-state index is 13.2. The average Bonchev–Trinajstić information content (AvgIpc) is 2.59. The molecule has 0 radical (unpaired) electrons. The maximum absolute atomic E-state index is 13.2. The van der Waals surface area contributed by atoms with Crippen LogP contribution in [0.3, 0.4) is 0 Å². The lowest BCUT2D eigenvalue weighted by Gasteiger charge is -2.32. The van der Waals surface area contributed by atoms with Crippen LogP contribution < -0.4 is 10.6 Å². The molecule has 0 saturated carbocycles. The number of likely N-dealkylation sites (tertiary alicyclic amines) is 1. The molecule has 4 nitrogen and oxygen atoms in total. The summed E-state index contributed by atoms with van der Waals surface area (Å²) in [5.74, 6) is 1.31. The molecule has 25 heavy (non-hydrogen) atoms. The largest absolute Gasteiger partial charge is 0.357 e. The van der Waals surface area contributed by atoms with Crippen molar-refractivity contribution in [1.29, 1.82) is 0 Å². The predicted octanol–water partition coefficient (Wildman–Crippen LogP) is 3.62. The SMILES string of the molecule is CCCN1CCC(CNC(=NCc2cccc(F)c2)NCC)CC1.I. The van der Waals surface area contributed by atoms with Crippen LogP contribution in [-0.4, -0.2) is 43.6 Å². The molecule has 0 unspecified atom stereocenters. The Labute approximate surface area is 168 Å². The number of halogens is 2. The van der Waals surface area contributed by atoms with Gasteiger partial charge in [-0.25, -0.2) is 9.38 Å². The second kappa shape index (κ2) is 12.5. The van der Waals surface area contributed by atoms with E-state index in [0.29, 0.717) is 12.5 Å². The number of rotatable bonds is 7. The van der Waals surface area contributed by atoms with Crippen molar-refractivity contribution in [3.05, 3.63) is 35.6 Å². The van der Waals surface area contributed by atoms with E-state index in [1.807, 2.05) is 6.07 Å². The minimum atomic E-state index is -0.209. The standard InChI is InChI=1S/C19H31FN4.HI/c1-3-10-24-11-8-16(9-12-24)14-22-19(21-4-2)23-15-17-6-5-7-18(20)13-17;/h5-7,13,16H,3-4,8-12,14-15H2,1-2H3,(H2,21,22,23);1H. The number of hydrogen-bond acceptors (Lipinski definition) is 2. The molecule has 1 aromatic carbocycles. The van der Waals surface area contributed by atoms with Crippen LogP contribution in [0.15, 0.2) is 29.3 Å². The summed E-state index contributed by atoms with van der Waals surface area (Å²) in [5, 5.41) is 6.72. The van der Waals surface area contributed by atoms with Crippen molar-refractivity contribution < 1.29 is 4.39 Å². The first-order valence-electron chi connectivity index (χ1n) is 9.20. The quantitative estimate of drug-likeness (QED) is 0.370. The molecule has 142 valence electrons. The van der Waals surface area contributed by atoms with Crippen molar-refractivity contribution in [3.8, 4) is 0 Å². The van der Waals surface area contributed by atoms with Crippen molar-refractivity contribution in [3.63, 3.8) is 0 Å². The van der Waals surface area contributed by atoms with Gasteiger partial charge in [-0.1, -0.05) is 19.1 Å². The van der Waals surface area contributed by atoms with E-state index in [1.165, 1.54) is 51.0 Å². The molecule has 1 aromatic rings. The van der Waals surface area contributed by atoms with Crippen molar-refractivity contribution >= 4 is 29.9 Å². The number of nitrogens with one attached hydrogen (secondary N) is 2. The average molecular weight is 462 g/mol. The second-order valence-electron chi connectivity index (χ2n) is 6.49. The van der Waals surface area contributed by atoms with E-state index >= 15 is 0 Å². The number of guanidine groups is 1. The normalized spacial score (nSPS) is 16.4. The van der Waals surface area contributed by atoms with E-state index in [0.717, 1.165) is 24.6 Å². The Morgan fingerprint density at radius 3 is 2.64 bits per heavy atom. The first kappa shape index (κ1) is 22.2. The fourth-order valence-electron chi connectivity index (χ4n) is 3.12. The van der Waals surface area contributed by atoms with Crippen LogP contribution >= 0.6 is 24.0 Å². The van der Waals surface area contributed by atoms with E-state index in [1.54, 1.807) is 6.07 Å². The van der Waals surface area contributed by atoms with Gasteiger partial charge in [-0.2, -0.15) is 0 Å².